The van der Waals surface area contributed by atoms with Crippen LogP contribution in [0.5, 0.6) is 0 Å². The highest BCUT2D eigenvalue weighted by Crippen LogP contribution is 2.00. The standard InChI is InChI=1S/C15H32N10O3/c1-8(24-13(28)9(16)4-2-6-22-14(18)19)12(27)25-10(11(17)26)5-3-7-23-15(20)21/h8-10H,2-7,16H2,1H3,(H2,17,26)(H,24,28)(H,25,27)(H4,18,19,22)(H4,20,21,23)/t8-,9-,10+/m0/s1. The molecule has 0 unspecified atom stereocenters. The van der Waals surface area contributed by atoms with Crippen LogP contribution in [0, 0.1) is 5.41 Å². The second-order valence-corrected chi connectivity index (χ2v) is 6.23. The van der Waals surface area contributed by atoms with Crippen LogP contribution in [0.3, 0.4) is 0 Å². The zero-order valence-corrected chi connectivity index (χ0v) is 16.0. The molecule has 28 heavy (non-hydrogen) atoms. The summed E-state index contributed by atoms with van der Waals surface area (Å²) >= 11 is 0. The molecule has 0 saturated carbocycles. The Morgan fingerprint density at radius 3 is 2.18 bits per heavy atom. The quantitative estimate of drug-likeness (QED) is 0.0836. The van der Waals surface area contributed by atoms with E-state index in [-0.39, 0.29) is 18.3 Å². The topological polar surface area (TPSA) is 254 Å². The van der Waals surface area contributed by atoms with E-state index in [9.17, 15) is 14.4 Å². The summed E-state index contributed by atoms with van der Waals surface area (Å²) < 4.78 is 0. The van der Waals surface area contributed by atoms with Gasteiger partial charge in [-0.05, 0) is 32.6 Å². The molecule has 13 nitrogen and oxygen atoms in total. The molecule has 0 spiro atoms. The van der Waals surface area contributed by atoms with Crippen molar-refractivity contribution in [1.29, 1.82) is 5.41 Å². The fourth-order valence-electron chi connectivity index (χ4n) is 2.15. The average Bonchev–Trinajstić information content (AvgIpc) is 2.59. The van der Waals surface area contributed by atoms with E-state index >= 15 is 0 Å². The molecule has 0 fully saturated rings. The van der Waals surface area contributed by atoms with Crippen LogP contribution in [0.2, 0.25) is 0 Å². The molecule has 0 aromatic rings. The van der Waals surface area contributed by atoms with Crippen molar-refractivity contribution < 1.29 is 14.4 Å². The fraction of sp³-hybridized carbons (Fsp3) is 0.667. The first kappa shape index (κ1) is 24.9. The number of hydrogen-bond donors (Lipinski definition) is 9. The van der Waals surface area contributed by atoms with Crippen LogP contribution in [-0.4, -0.2) is 60.9 Å². The van der Waals surface area contributed by atoms with Crippen molar-refractivity contribution in [3.63, 3.8) is 0 Å². The van der Waals surface area contributed by atoms with Crippen molar-refractivity contribution in [2.45, 2.75) is 50.7 Å². The monoisotopic (exact) mass is 400 g/mol. The first-order valence-electron chi connectivity index (χ1n) is 8.83. The average molecular weight is 400 g/mol. The van der Waals surface area contributed by atoms with E-state index in [1.807, 2.05) is 0 Å². The summed E-state index contributed by atoms with van der Waals surface area (Å²) in [4.78, 5) is 39.5. The van der Waals surface area contributed by atoms with Gasteiger partial charge in [0.2, 0.25) is 17.7 Å². The number of primary amides is 1. The molecule has 0 bridgehead atoms. The smallest absolute Gasteiger partial charge is 0.242 e. The maximum Gasteiger partial charge on any atom is 0.242 e. The maximum atomic E-state index is 12.2. The number of carbonyl (C=O) groups excluding carboxylic acids is 3. The number of guanidine groups is 2. The van der Waals surface area contributed by atoms with Gasteiger partial charge in [0, 0.05) is 13.1 Å². The van der Waals surface area contributed by atoms with Crippen molar-refractivity contribution in [2.75, 3.05) is 13.1 Å². The second kappa shape index (κ2) is 13.1. The Hall–Kier alpha value is -3.09. The molecule has 160 valence electrons. The molecule has 0 heterocycles. The first-order chi connectivity index (χ1) is 13.0. The first-order valence-corrected chi connectivity index (χ1v) is 8.83. The van der Waals surface area contributed by atoms with Crippen LogP contribution in [-0.2, 0) is 14.4 Å². The van der Waals surface area contributed by atoms with Gasteiger partial charge >= 0.3 is 0 Å². The number of rotatable bonds is 13. The summed E-state index contributed by atoms with van der Waals surface area (Å²) in [6.07, 6.45) is 1.55. The number of nitrogens with one attached hydrogen (secondary N) is 4. The van der Waals surface area contributed by atoms with Gasteiger partial charge in [0.15, 0.2) is 11.9 Å². The van der Waals surface area contributed by atoms with Crippen molar-refractivity contribution in [2.24, 2.45) is 33.7 Å². The fourth-order valence-corrected chi connectivity index (χ4v) is 2.15. The van der Waals surface area contributed by atoms with E-state index < -0.39 is 35.8 Å². The van der Waals surface area contributed by atoms with E-state index in [2.05, 4.69) is 20.9 Å². The molecular weight excluding hydrogens is 368 g/mol. The van der Waals surface area contributed by atoms with Gasteiger partial charge in [0.05, 0.1) is 6.04 Å². The summed E-state index contributed by atoms with van der Waals surface area (Å²) in [7, 11) is 0. The number of amides is 3. The minimum absolute atomic E-state index is 0.0654. The van der Waals surface area contributed by atoms with Gasteiger partial charge in [-0.15, -0.1) is 0 Å². The van der Waals surface area contributed by atoms with Crippen molar-refractivity contribution >= 4 is 29.6 Å². The summed E-state index contributed by atoms with van der Waals surface area (Å²) in [6, 6.07) is -2.64. The molecule has 0 aliphatic carbocycles. The summed E-state index contributed by atoms with van der Waals surface area (Å²) in [5.74, 6) is -2.00. The molecule has 0 aliphatic heterocycles. The molecule has 0 rings (SSSR count). The molecule has 0 saturated heterocycles. The molecule has 0 aromatic carbocycles. The van der Waals surface area contributed by atoms with Gasteiger partial charge in [-0.1, -0.05) is 0 Å². The molecule has 3 atom stereocenters. The summed E-state index contributed by atoms with van der Waals surface area (Å²) in [5.41, 5.74) is 26.6. The highest BCUT2D eigenvalue weighted by atomic mass is 16.2. The zero-order valence-electron chi connectivity index (χ0n) is 16.0. The lowest BCUT2D eigenvalue weighted by Crippen LogP contribution is -2.54. The molecule has 3 amide bonds. The van der Waals surface area contributed by atoms with Gasteiger partial charge in [0.25, 0.3) is 0 Å². The number of aliphatic imine (C=N–C) groups is 1. The van der Waals surface area contributed by atoms with Crippen LogP contribution < -0.4 is 44.6 Å². The lowest BCUT2D eigenvalue weighted by atomic mass is 10.1. The third-order valence-corrected chi connectivity index (χ3v) is 3.70. The largest absolute Gasteiger partial charge is 0.370 e. The third-order valence-electron chi connectivity index (χ3n) is 3.70. The Balaban J connectivity index is 4.41. The highest BCUT2D eigenvalue weighted by Gasteiger charge is 2.24. The number of hydrogen-bond acceptors (Lipinski definition) is 6. The van der Waals surface area contributed by atoms with E-state index in [0.717, 1.165) is 0 Å². The molecule has 0 radical (unpaired) electrons. The lowest BCUT2D eigenvalue weighted by molar-refractivity contribution is -0.131. The SMILES string of the molecule is C[C@H](NC(=O)[C@@H](N)CCCNC(=N)N)C(=O)N[C@H](CCCN=C(N)N)C(N)=O. The number of nitrogens with two attached hydrogens (primary N) is 5. The van der Waals surface area contributed by atoms with Gasteiger partial charge in [-0.2, -0.15) is 0 Å². The van der Waals surface area contributed by atoms with E-state index in [1.54, 1.807) is 0 Å². The molecule has 0 aromatic heterocycles. The Labute approximate surface area is 163 Å². The van der Waals surface area contributed by atoms with Crippen LogP contribution in [0.1, 0.15) is 32.6 Å². The van der Waals surface area contributed by atoms with E-state index in [4.69, 9.17) is 34.1 Å². The molecule has 13 heteroatoms. The minimum atomic E-state index is -0.910. The molecule has 0 aliphatic rings. The minimum Gasteiger partial charge on any atom is -0.370 e. The zero-order chi connectivity index (χ0) is 21.7. The predicted molar refractivity (Wildman–Crippen MR) is 106 cm³/mol. The van der Waals surface area contributed by atoms with Crippen LogP contribution >= 0.6 is 0 Å². The number of carbonyl (C=O) groups is 3. The third kappa shape index (κ3) is 11.5. The van der Waals surface area contributed by atoms with E-state index in [1.165, 1.54) is 6.92 Å². The van der Waals surface area contributed by atoms with Crippen LogP contribution in [0.15, 0.2) is 4.99 Å². The second-order valence-electron chi connectivity index (χ2n) is 6.23. The van der Waals surface area contributed by atoms with Gasteiger partial charge in [0.1, 0.15) is 12.1 Å². The van der Waals surface area contributed by atoms with Gasteiger partial charge in [-0.3, -0.25) is 24.8 Å². The van der Waals surface area contributed by atoms with Crippen LogP contribution in [0.4, 0.5) is 0 Å². The Morgan fingerprint density at radius 1 is 1.00 bits per heavy atom. The maximum absolute atomic E-state index is 12.2. The van der Waals surface area contributed by atoms with E-state index in [0.29, 0.717) is 32.4 Å². The van der Waals surface area contributed by atoms with Crippen LogP contribution in [0.25, 0.3) is 0 Å². The van der Waals surface area contributed by atoms with Crippen molar-refractivity contribution in [3.05, 3.63) is 0 Å². The highest BCUT2D eigenvalue weighted by molar-refractivity contribution is 5.92. The molecule has 14 N–H and O–H groups in total. The van der Waals surface area contributed by atoms with Crippen molar-refractivity contribution in [1.82, 2.24) is 16.0 Å². The van der Waals surface area contributed by atoms with Gasteiger partial charge < -0.3 is 44.6 Å². The predicted octanol–water partition coefficient (Wildman–Crippen LogP) is -3.89. The van der Waals surface area contributed by atoms with Gasteiger partial charge in [-0.25, -0.2) is 0 Å². The number of nitrogens with zero attached hydrogens (tertiary/aromatic N) is 1. The Kier molecular flexibility index (Phi) is 11.7. The lowest BCUT2D eigenvalue weighted by Gasteiger charge is -2.20. The summed E-state index contributed by atoms with van der Waals surface area (Å²) in [5, 5.41) is 14.6. The molecular formula is C15H32N10O3. The Morgan fingerprint density at radius 2 is 1.64 bits per heavy atom. The summed E-state index contributed by atoms with van der Waals surface area (Å²) in [6.45, 7) is 2.17. The normalized spacial score (nSPS) is 13.5. The van der Waals surface area contributed by atoms with Crippen molar-refractivity contribution in [3.8, 4) is 0 Å². The Bertz CT molecular complexity index is 576.